The second kappa shape index (κ2) is 5.24. The number of nitrogens with one attached hydrogen (secondary N) is 1. The molecule has 0 unspecified atom stereocenters. The van der Waals surface area contributed by atoms with Crippen LogP contribution in [0.2, 0.25) is 5.02 Å². The fraction of sp³-hybridized carbons (Fsp3) is 0.417. The summed E-state index contributed by atoms with van der Waals surface area (Å²) in [7, 11) is 0. The van der Waals surface area contributed by atoms with Crippen LogP contribution in [0.4, 0.5) is 15.8 Å². The number of nitro benzene ring substituents is 1. The maximum absolute atomic E-state index is 13.3. The van der Waals surface area contributed by atoms with E-state index in [0.717, 1.165) is 6.07 Å². The van der Waals surface area contributed by atoms with Gasteiger partial charge in [0, 0.05) is 0 Å². The smallest absolute Gasteiger partial charge is 0.329 e. The van der Waals surface area contributed by atoms with Crippen LogP contribution in [-0.2, 0) is 4.79 Å². The lowest BCUT2D eigenvalue weighted by atomic mass is 9.97. The molecule has 2 rings (SSSR count). The number of halogens is 2. The van der Waals surface area contributed by atoms with E-state index in [-0.39, 0.29) is 10.7 Å². The van der Waals surface area contributed by atoms with Gasteiger partial charge in [0.2, 0.25) is 0 Å². The minimum atomic E-state index is -1.26. The van der Waals surface area contributed by atoms with E-state index in [1.807, 2.05) is 0 Å². The van der Waals surface area contributed by atoms with Gasteiger partial charge in [-0.05, 0) is 18.9 Å². The molecule has 1 fully saturated rings. The molecule has 0 heterocycles. The lowest BCUT2D eigenvalue weighted by Crippen LogP contribution is -2.43. The van der Waals surface area contributed by atoms with E-state index in [0.29, 0.717) is 31.7 Å². The average molecular weight is 303 g/mol. The Hall–Kier alpha value is -1.89. The topological polar surface area (TPSA) is 92.5 Å². The highest BCUT2D eigenvalue weighted by atomic mass is 35.5. The van der Waals surface area contributed by atoms with Crippen LogP contribution in [0.1, 0.15) is 25.7 Å². The molecular weight excluding hydrogens is 291 g/mol. The predicted octanol–water partition coefficient (Wildman–Crippen LogP) is 3.20. The van der Waals surface area contributed by atoms with E-state index in [1.54, 1.807) is 0 Å². The van der Waals surface area contributed by atoms with Crippen LogP contribution < -0.4 is 5.32 Å². The van der Waals surface area contributed by atoms with Crippen LogP contribution in [0.15, 0.2) is 12.1 Å². The number of carboxylic acid groups (broad SMARTS) is 1. The zero-order chi connectivity index (χ0) is 14.9. The summed E-state index contributed by atoms with van der Waals surface area (Å²) in [5.74, 6) is -2.00. The number of aliphatic carboxylic acids is 1. The Balaban J connectivity index is 2.44. The maximum Gasteiger partial charge on any atom is 0.329 e. The molecule has 0 aromatic heterocycles. The number of rotatable bonds is 4. The van der Waals surface area contributed by atoms with Gasteiger partial charge in [0.15, 0.2) is 0 Å². The summed E-state index contributed by atoms with van der Waals surface area (Å²) in [6.45, 7) is 0. The van der Waals surface area contributed by atoms with Crippen molar-refractivity contribution in [1.29, 1.82) is 0 Å². The third-order valence-corrected chi connectivity index (χ3v) is 3.77. The minimum Gasteiger partial charge on any atom is -0.480 e. The quantitative estimate of drug-likeness (QED) is 0.658. The fourth-order valence-corrected chi connectivity index (χ4v) is 2.58. The van der Waals surface area contributed by atoms with Crippen molar-refractivity contribution in [1.82, 2.24) is 0 Å². The zero-order valence-corrected chi connectivity index (χ0v) is 11.1. The van der Waals surface area contributed by atoms with Crippen molar-refractivity contribution in [3.8, 4) is 0 Å². The van der Waals surface area contributed by atoms with E-state index in [2.05, 4.69) is 5.32 Å². The number of carboxylic acids is 1. The van der Waals surface area contributed by atoms with Crippen molar-refractivity contribution in [3.05, 3.63) is 33.1 Å². The molecule has 0 aliphatic heterocycles. The Morgan fingerprint density at radius 3 is 2.55 bits per heavy atom. The Kier molecular flexibility index (Phi) is 3.80. The van der Waals surface area contributed by atoms with E-state index in [1.165, 1.54) is 0 Å². The van der Waals surface area contributed by atoms with Crippen LogP contribution in [0.25, 0.3) is 0 Å². The van der Waals surface area contributed by atoms with Gasteiger partial charge in [-0.3, -0.25) is 10.1 Å². The lowest BCUT2D eigenvalue weighted by molar-refractivity contribution is -0.384. The average Bonchev–Trinajstić information content (AvgIpc) is 2.83. The van der Waals surface area contributed by atoms with E-state index >= 15 is 0 Å². The molecule has 1 aliphatic carbocycles. The molecule has 0 amide bonds. The van der Waals surface area contributed by atoms with Gasteiger partial charge >= 0.3 is 5.97 Å². The fourth-order valence-electron chi connectivity index (χ4n) is 2.42. The van der Waals surface area contributed by atoms with Crippen LogP contribution in [0, 0.1) is 15.9 Å². The highest BCUT2D eigenvalue weighted by Gasteiger charge is 2.42. The van der Waals surface area contributed by atoms with Gasteiger partial charge in [-0.25, -0.2) is 9.18 Å². The van der Waals surface area contributed by atoms with Gasteiger partial charge < -0.3 is 10.4 Å². The van der Waals surface area contributed by atoms with Crippen molar-refractivity contribution in [2.24, 2.45) is 0 Å². The number of anilines is 1. The Labute approximate surface area is 118 Å². The molecule has 1 aromatic carbocycles. The molecule has 1 aliphatic rings. The van der Waals surface area contributed by atoms with Gasteiger partial charge in [0.05, 0.1) is 16.0 Å². The molecule has 20 heavy (non-hydrogen) atoms. The highest BCUT2D eigenvalue weighted by molar-refractivity contribution is 6.31. The molecule has 2 N–H and O–H groups in total. The summed E-state index contributed by atoms with van der Waals surface area (Å²) in [6, 6.07) is 1.74. The lowest BCUT2D eigenvalue weighted by Gasteiger charge is -2.26. The summed E-state index contributed by atoms with van der Waals surface area (Å²) in [5, 5.41) is 22.7. The first-order valence-corrected chi connectivity index (χ1v) is 6.38. The molecule has 1 saturated carbocycles. The SMILES string of the molecule is O=C(O)C1(Nc2cc(Cl)c(F)cc2[N+](=O)[O-])CCCC1. The Morgan fingerprint density at radius 1 is 1.45 bits per heavy atom. The second-order valence-corrected chi connectivity index (χ2v) is 5.17. The first kappa shape index (κ1) is 14.5. The molecule has 108 valence electrons. The normalized spacial score (nSPS) is 16.9. The first-order valence-electron chi connectivity index (χ1n) is 6.01. The largest absolute Gasteiger partial charge is 0.480 e. The monoisotopic (exact) mass is 302 g/mol. The van der Waals surface area contributed by atoms with Crippen LogP contribution in [0.3, 0.4) is 0 Å². The van der Waals surface area contributed by atoms with Gasteiger partial charge in [0.1, 0.15) is 17.0 Å². The standard InChI is InChI=1S/C12H12ClFN2O4/c13-7-5-9(10(16(19)20)6-8(7)14)15-12(11(17)18)3-1-2-4-12/h5-6,15H,1-4H2,(H,17,18). The predicted molar refractivity (Wildman–Crippen MR) is 70.5 cm³/mol. The first-order chi connectivity index (χ1) is 9.35. The van der Waals surface area contributed by atoms with Crippen LogP contribution >= 0.6 is 11.6 Å². The summed E-state index contributed by atoms with van der Waals surface area (Å²) in [4.78, 5) is 21.6. The van der Waals surface area contributed by atoms with Crippen molar-refractivity contribution >= 4 is 28.9 Å². The minimum absolute atomic E-state index is 0.0781. The van der Waals surface area contributed by atoms with Crippen LogP contribution in [-0.4, -0.2) is 21.5 Å². The maximum atomic E-state index is 13.3. The highest BCUT2D eigenvalue weighted by Crippen LogP contribution is 2.38. The van der Waals surface area contributed by atoms with Gasteiger partial charge in [-0.15, -0.1) is 0 Å². The van der Waals surface area contributed by atoms with E-state index < -0.39 is 27.9 Å². The molecule has 0 radical (unpaired) electrons. The van der Waals surface area contributed by atoms with Crippen LogP contribution in [0.5, 0.6) is 0 Å². The van der Waals surface area contributed by atoms with Gasteiger partial charge in [-0.1, -0.05) is 24.4 Å². The number of hydrogen-bond donors (Lipinski definition) is 2. The van der Waals surface area contributed by atoms with E-state index in [9.17, 15) is 24.4 Å². The number of benzene rings is 1. The molecule has 0 saturated heterocycles. The van der Waals surface area contributed by atoms with Crippen molar-refractivity contribution in [2.45, 2.75) is 31.2 Å². The van der Waals surface area contributed by atoms with E-state index in [4.69, 9.17) is 11.6 Å². The number of carbonyl (C=O) groups is 1. The van der Waals surface area contributed by atoms with Gasteiger partial charge in [0.25, 0.3) is 5.69 Å². The summed E-state index contributed by atoms with van der Waals surface area (Å²) < 4.78 is 13.3. The molecule has 6 nitrogen and oxygen atoms in total. The number of nitro groups is 1. The Bertz CT molecular complexity index is 573. The second-order valence-electron chi connectivity index (χ2n) is 4.76. The molecular formula is C12H12ClFN2O4. The molecule has 0 spiro atoms. The van der Waals surface area contributed by atoms with Crippen molar-refractivity contribution in [3.63, 3.8) is 0 Å². The molecule has 1 aromatic rings. The number of nitrogens with zero attached hydrogens (tertiary/aromatic N) is 1. The molecule has 0 bridgehead atoms. The third-order valence-electron chi connectivity index (χ3n) is 3.48. The summed E-state index contributed by atoms with van der Waals surface area (Å²) >= 11 is 5.62. The summed E-state index contributed by atoms with van der Waals surface area (Å²) in [5.41, 5.74) is -1.86. The number of hydrogen-bond acceptors (Lipinski definition) is 4. The molecule has 8 heteroatoms. The van der Waals surface area contributed by atoms with Crippen molar-refractivity contribution < 1.29 is 19.2 Å². The Morgan fingerprint density at radius 2 is 2.05 bits per heavy atom. The summed E-state index contributed by atoms with van der Waals surface area (Å²) in [6.07, 6.45) is 2.13. The molecule has 0 atom stereocenters. The third kappa shape index (κ3) is 2.53. The van der Waals surface area contributed by atoms with Crippen molar-refractivity contribution in [2.75, 3.05) is 5.32 Å². The zero-order valence-electron chi connectivity index (χ0n) is 10.4. The van der Waals surface area contributed by atoms with Gasteiger partial charge in [-0.2, -0.15) is 0 Å².